The summed E-state index contributed by atoms with van der Waals surface area (Å²) in [6.07, 6.45) is 3.09. The van der Waals surface area contributed by atoms with Gasteiger partial charge in [-0.2, -0.15) is 5.10 Å². The van der Waals surface area contributed by atoms with E-state index in [4.69, 9.17) is 21.8 Å². The van der Waals surface area contributed by atoms with Crippen LogP contribution < -0.4 is 0 Å². The zero-order chi connectivity index (χ0) is 21.1. The second-order valence-electron chi connectivity index (χ2n) is 7.46. The normalized spacial score (nSPS) is 14.6. The second kappa shape index (κ2) is 8.71. The van der Waals surface area contributed by atoms with Crippen LogP contribution in [-0.4, -0.2) is 44.8 Å². The number of halogens is 1. The molecule has 0 radical (unpaired) electrons. The number of likely N-dealkylation sites (tertiary alicyclic amines) is 1. The average molecular weight is 424 g/mol. The molecular formula is C23H22ClN3O3. The van der Waals surface area contributed by atoms with Crippen LogP contribution >= 0.6 is 11.6 Å². The molecule has 1 saturated heterocycles. The number of benzene rings is 2. The van der Waals surface area contributed by atoms with Crippen molar-refractivity contribution in [3.8, 4) is 16.9 Å². The molecule has 30 heavy (non-hydrogen) atoms. The topological polar surface area (TPSA) is 75.4 Å². The molecule has 0 saturated carbocycles. The Hall–Kier alpha value is -3.12. The molecule has 1 aliphatic rings. The predicted molar refractivity (Wildman–Crippen MR) is 115 cm³/mol. The molecule has 154 valence electrons. The quantitative estimate of drug-likeness (QED) is 0.671. The van der Waals surface area contributed by atoms with Gasteiger partial charge in [0.2, 0.25) is 5.91 Å². The third-order valence-electron chi connectivity index (χ3n) is 5.47. The average Bonchev–Trinajstić information content (AvgIpc) is 3.18. The maximum atomic E-state index is 12.9. The van der Waals surface area contributed by atoms with Crippen molar-refractivity contribution in [3.05, 3.63) is 71.4 Å². The lowest BCUT2D eigenvalue weighted by atomic mass is 9.96. The molecular weight excluding hydrogens is 402 g/mol. The molecule has 1 aliphatic heterocycles. The van der Waals surface area contributed by atoms with Gasteiger partial charge in [-0.15, -0.1) is 0 Å². The smallest absolute Gasteiger partial charge is 0.306 e. The molecule has 2 aromatic carbocycles. The number of aliphatic carboxylic acids is 1. The van der Waals surface area contributed by atoms with Crippen molar-refractivity contribution in [2.75, 3.05) is 13.1 Å². The van der Waals surface area contributed by atoms with Crippen molar-refractivity contribution >= 4 is 23.5 Å². The van der Waals surface area contributed by atoms with Gasteiger partial charge in [0.05, 0.1) is 23.7 Å². The summed E-state index contributed by atoms with van der Waals surface area (Å²) >= 11 is 6.03. The van der Waals surface area contributed by atoms with Crippen LogP contribution in [0.5, 0.6) is 0 Å². The van der Waals surface area contributed by atoms with Gasteiger partial charge in [-0.3, -0.25) is 9.59 Å². The van der Waals surface area contributed by atoms with Gasteiger partial charge in [-0.1, -0.05) is 41.9 Å². The van der Waals surface area contributed by atoms with Crippen molar-refractivity contribution in [1.29, 1.82) is 0 Å². The Kier molecular flexibility index (Phi) is 5.86. The number of carbonyl (C=O) groups is 2. The van der Waals surface area contributed by atoms with Crippen molar-refractivity contribution in [2.24, 2.45) is 5.92 Å². The molecule has 3 aromatic rings. The summed E-state index contributed by atoms with van der Waals surface area (Å²) in [5.74, 6) is -1.16. The molecule has 1 aromatic heterocycles. The number of amides is 1. The molecule has 1 amide bonds. The summed E-state index contributed by atoms with van der Waals surface area (Å²) in [4.78, 5) is 25.9. The first-order valence-corrected chi connectivity index (χ1v) is 10.3. The lowest BCUT2D eigenvalue weighted by molar-refractivity contribution is -0.145. The summed E-state index contributed by atoms with van der Waals surface area (Å²) in [6.45, 7) is 0.942. The van der Waals surface area contributed by atoms with Gasteiger partial charge in [-0.05, 0) is 37.1 Å². The molecule has 0 spiro atoms. The van der Waals surface area contributed by atoms with E-state index < -0.39 is 5.97 Å². The minimum atomic E-state index is -0.781. The maximum Gasteiger partial charge on any atom is 0.306 e. The van der Waals surface area contributed by atoms with E-state index in [1.54, 1.807) is 21.7 Å². The van der Waals surface area contributed by atoms with Crippen molar-refractivity contribution in [2.45, 2.75) is 19.3 Å². The lowest BCUT2D eigenvalue weighted by Gasteiger charge is -2.30. The largest absolute Gasteiger partial charge is 0.481 e. The summed E-state index contributed by atoms with van der Waals surface area (Å²) < 4.78 is 1.78. The van der Waals surface area contributed by atoms with Gasteiger partial charge in [0.25, 0.3) is 0 Å². The molecule has 6 nitrogen and oxygen atoms in total. The van der Waals surface area contributed by atoms with Crippen LogP contribution in [0.25, 0.3) is 16.9 Å². The third kappa shape index (κ3) is 4.39. The highest BCUT2D eigenvalue weighted by Crippen LogP contribution is 2.27. The van der Waals surface area contributed by atoms with Crippen LogP contribution in [0.4, 0.5) is 0 Å². The Bertz CT molecular complexity index is 1040. The van der Waals surface area contributed by atoms with E-state index in [1.807, 2.05) is 48.7 Å². The fourth-order valence-electron chi connectivity index (χ4n) is 3.75. The Balaban J connectivity index is 1.60. The summed E-state index contributed by atoms with van der Waals surface area (Å²) in [7, 11) is 0. The number of carboxylic acids is 1. The van der Waals surface area contributed by atoms with Crippen LogP contribution in [-0.2, 0) is 16.0 Å². The van der Waals surface area contributed by atoms with Crippen molar-refractivity contribution < 1.29 is 14.7 Å². The monoisotopic (exact) mass is 423 g/mol. The highest BCUT2D eigenvalue weighted by molar-refractivity contribution is 6.30. The highest BCUT2D eigenvalue weighted by Gasteiger charge is 2.27. The molecule has 0 aliphatic carbocycles. The SMILES string of the molecule is O=C(O)C1CCN(C(=O)Cc2cn(-c3ccccc3)nc2-c2ccc(Cl)cc2)CC1. The standard InChI is InChI=1S/C23H22ClN3O3/c24-19-8-6-16(7-9-19)22-18(15-27(25-22)20-4-2-1-3-5-20)14-21(28)26-12-10-17(11-13-26)23(29)30/h1-9,15,17H,10-14H2,(H,29,30). The van der Waals surface area contributed by atoms with Crippen LogP contribution in [0.1, 0.15) is 18.4 Å². The van der Waals surface area contributed by atoms with Gasteiger partial charge in [0.1, 0.15) is 0 Å². The number of hydrogen-bond donors (Lipinski definition) is 1. The van der Waals surface area contributed by atoms with Gasteiger partial charge >= 0.3 is 5.97 Å². The molecule has 1 N–H and O–H groups in total. The van der Waals surface area contributed by atoms with E-state index in [0.29, 0.717) is 31.0 Å². The molecule has 0 atom stereocenters. The zero-order valence-corrected chi connectivity index (χ0v) is 17.1. The Labute approximate surface area is 179 Å². The van der Waals surface area contributed by atoms with Gasteiger partial charge < -0.3 is 10.0 Å². The molecule has 2 heterocycles. The van der Waals surface area contributed by atoms with E-state index in [-0.39, 0.29) is 18.2 Å². The van der Waals surface area contributed by atoms with Crippen LogP contribution in [0, 0.1) is 5.92 Å². The Morgan fingerprint density at radius 2 is 1.70 bits per heavy atom. The number of nitrogens with zero attached hydrogens (tertiary/aromatic N) is 3. The van der Waals surface area contributed by atoms with Crippen molar-refractivity contribution in [1.82, 2.24) is 14.7 Å². The first-order chi connectivity index (χ1) is 14.5. The van der Waals surface area contributed by atoms with Gasteiger partial charge in [-0.25, -0.2) is 4.68 Å². The lowest BCUT2D eigenvalue weighted by Crippen LogP contribution is -2.41. The first-order valence-electron chi connectivity index (χ1n) is 9.92. The fraction of sp³-hybridized carbons (Fsp3) is 0.261. The minimum absolute atomic E-state index is 0.0123. The second-order valence-corrected chi connectivity index (χ2v) is 7.90. The third-order valence-corrected chi connectivity index (χ3v) is 5.72. The molecule has 1 fully saturated rings. The molecule has 4 rings (SSSR count). The Morgan fingerprint density at radius 3 is 2.33 bits per heavy atom. The summed E-state index contributed by atoms with van der Waals surface area (Å²) in [5, 5.41) is 14.5. The van der Waals surface area contributed by atoms with Crippen LogP contribution in [0.15, 0.2) is 60.8 Å². The van der Waals surface area contributed by atoms with Crippen LogP contribution in [0.3, 0.4) is 0 Å². The maximum absolute atomic E-state index is 12.9. The van der Waals surface area contributed by atoms with Gasteiger partial charge in [0.15, 0.2) is 0 Å². The van der Waals surface area contributed by atoms with Crippen LogP contribution in [0.2, 0.25) is 5.02 Å². The number of rotatable bonds is 5. The van der Waals surface area contributed by atoms with Gasteiger partial charge in [0, 0.05) is 35.4 Å². The van der Waals surface area contributed by atoms with E-state index in [0.717, 1.165) is 22.5 Å². The number of hydrogen-bond acceptors (Lipinski definition) is 3. The number of piperidine rings is 1. The van der Waals surface area contributed by atoms with E-state index in [9.17, 15) is 9.59 Å². The Morgan fingerprint density at radius 1 is 1.03 bits per heavy atom. The minimum Gasteiger partial charge on any atom is -0.481 e. The molecule has 0 unspecified atom stereocenters. The summed E-state index contributed by atoms with van der Waals surface area (Å²) in [6, 6.07) is 17.1. The number of para-hydroxylation sites is 1. The van der Waals surface area contributed by atoms with E-state index >= 15 is 0 Å². The zero-order valence-electron chi connectivity index (χ0n) is 16.4. The number of carbonyl (C=O) groups excluding carboxylic acids is 1. The first kappa shape index (κ1) is 20.2. The molecule has 0 bridgehead atoms. The van der Waals surface area contributed by atoms with E-state index in [1.165, 1.54) is 0 Å². The summed E-state index contributed by atoms with van der Waals surface area (Å²) in [5.41, 5.74) is 3.37. The van der Waals surface area contributed by atoms with Crippen molar-refractivity contribution in [3.63, 3.8) is 0 Å². The van der Waals surface area contributed by atoms with E-state index in [2.05, 4.69) is 0 Å². The number of aromatic nitrogens is 2. The highest BCUT2D eigenvalue weighted by atomic mass is 35.5. The number of carboxylic acid groups (broad SMARTS) is 1. The predicted octanol–water partition coefficient (Wildman–Crippen LogP) is 4.06. The molecule has 7 heteroatoms. The fourth-order valence-corrected chi connectivity index (χ4v) is 3.88.